The van der Waals surface area contributed by atoms with Gasteiger partial charge in [-0.2, -0.15) is 0 Å². The normalized spacial score (nSPS) is 17.5. The fourth-order valence-electron chi connectivity index (χ4n) is 3.60. The van der Waals surface area contributed by atoms with Crippen LogP contribution in [0.1, 0.15) is 19.4 Å². The SMILES string of the molecule is CC(C)(CNc1ncc2c(n1)-c1ccccc1NC(=O)C2)N1CCOCC1. The number of carbonyl (C=O) groups is 1. The number of carbonyl (C=O) groups excluding carboxylic acids is 1. The molecule has 0 saturated carbocycles. The van der Waals surface area contributed by atoms with E-state index in [9.17, 15) is 4.79 Å². The molecular formula is C20H25N5O2. The van der Waals surface area contributed by atoms with Crippen molar-refractivity contribution in [3.8, 4) is 11.3 Å². The van der Waals surface area contributed by atoms with Gasteiger partial charge in [0.2, 0.25) is 11.9 Å². The average molecular weight is 367 g/mol. The van der Waals surface area contributed by atoms with E-state index in [0.29, 0.717) is 5.95 Å². The van der Waals surface area contributed by atoms with Gasteiger partial charge in [0.05, 0.1) is 31.0 Å². The third-order valence-electron chi connectivity index (χ3n) is 5.22. The number of hydrogen-bond acceptors (Lipinski definition) is 6. The van der Waals surface area contributed by atoms with Gasteiger partial charge in [0, 0.05) is 42.5 Å². The van der Waals surface area contributed by atoms with E-state index in [1.807, 2.05) is 24.3 Å². The molecule has 2 aliphatic rings. The maximum Gasteiger partial charge on any atom is 0.228 e. The zero-order valence-electron chi connectivity index (χ0n) is 15.8. The number of aromatic nitrogens is 2. The molecule has 4 rings (SSSR count). The van der Waals surface area contributed by atoms with E-state index in [2.05, 4.69) is 34.4 Å². The van der Waals surface area contributed by atoms with Crippen molar-refractivity contribution >= 4 is 17.5 Å². The number of hydrogen-bond donors (Lipinski definition) is 2. The number of ether oxygens (including phenoxy) is 1. The van der Waals surface area contributed by atoms with Crippen LogP contribution in [0.3, 0.4) is 0 Å². The molecule has 2 N–H and O–H groups in total. The van der Waals surface area contributed by atoms with Crippen LogP contribution >= 0.6 is 0 Å². The molecule has 0 spiro atoms. The molecular weight excluding hydrogens is 342 g/mol. The summed E-state index contributed by atoms with van der Waals surface area (Å²) in [5.74, 6) is 0.540. The van der Waals surface area contributed by atoms with E-state index in [-0.39, 0.29) is 17.9 Å². The summed E-state index contributed by atoms with van der Waals surface area (Å²) in [6.07, 6.45) is 2.04. The lowest BCUT2D eigenvalue weighted by Crippen LogP contribution is -2.53. The molecule has 7 heteroatoms. The van der Waals surface area contributed by atoms with Crippen LogP contribution in [0.4, 0.5) is 11.6 Å². The van der Waals surface area contributed by atoms with Crippen molar-refractivity contribution in [3.63, 3.8) is 0 Å². The van der Waals surface area contributed by atoms with E-state index in [0.717, 1.165) is 55.4 Å². The molecule has 27 heavy (non-hydrogen) atoms. The van der Waals surface area contributed by atoms with E-state index in [1.54, 1.807) is 6.20 Å². The van der Waals surface area contributed by atoms with Gasteiger partial charge in [-0.25, -0.2) is 9.97 Å². The lowest BCUT2D eigenvalue weighted by molar-refractivity contribution is -0.115. The summed E-state index contributed by atoms with van der Waals surface area (Å²) < 4.78 is 5.45. The summed E-state index contributed by atoms with van der Waals surface area (Å²) in [7, 11) is 0. The van der Waals surface area contributed by atoms with Crippen molar-refractivity contribution in [2.45, 2.75) is 25.8 Å². The van der Waals surface area contributed by atoms with Gasteiger partial charge in [-0.05, 0) is 19.9 Å². The van der Waals surface area contributed by atoms with Gasteiger partial charge in [0.15, 0.2) is 0 Å². The van der Waals surface area contributed by atoms with E-state index in [4.69, 9.17) is 9.72 Å². The highest BCUT2D eigenvalue weighted by Gasteiger charge is 2.28. The zero-order chi connectivity index (χ0) is 18.9. The Morgan fingerprint density at radius 3 is 2.85 bits per heavy atom. The number of nitrogens with one attached hydrogen (secondary N) is 2. The maximum atomic E-state index is 12.1. The van der Waals surface area contributed by atoms with Crippen LogP contribution in [0.2, 0.25) is 0 Å². The highest BCUT2D eigenvalue weighted by atomic mass is 16.5. The maximum absolute atomic E-state index is 12.1. The Morgan fingerprint density at radius 2 is 2.04 bits per heavy atom. The van der Waals surface area contributed by atoms with Crippen molar-refractivity contribution in [2.24, 2.45) is 0 Å². The standard InChI is InChI=1S/C20H25N5O2/c1-20(2,25-7-9-27-10-8-25)13-22-19-21-12-14-11-17(26)23-16-6-4-3-5-15(16)18(14)24-19/h3-6,12H,7-11,13H2,1-2H3,(H,23,26)(H,21,22,24). The predicted octanol–water partition coefficient (Wildman–Crippen LogP) is 2.16. The minimum Gasteiger partial charge on any atom is -0.379 e. The first-order valence-electron chi connectivity index (χ1n) is 9.35. The highest BCUT2D eigenvalue weighted by molar-refractivity contribution is 5.99. The van der Waals surface area contributed by atoms with Gasteiger partial charge in [0.25, 0.3) is 0 Å². The summed E-state index contributed by atoms with van der Waals surface area (Å²) in [5, 5.41) is 6.33. The van der Waals surface area contributed by atoms with Crippen molar-refractivity contribution in [3.05, 3.63) is 36.0 Å². The highest BCUT2D eigenvalue weighted by Crippen LogP contribution is 2.32. The molecule has 1 aromatic heterocycles. The molecule has 2 aliphatic heterocycles. The number of nitrogens with zero attached hydrogens (tertiary/aromatic N) is 3. The largest absolute Gasteiger partial charge is 0.379 e. The van der Waals surface area contributed by atoms with Crippen molar-refractivity contribution < 1.29 is 9.53 Å². The van der Waals surface area contributed by atoms with Crippen molar-refractivity contribution in [1.29, 1.82) is 0 Å². The molecule has 0 radical (unpaired) electrons. The van der Waals surface area contributed by atoms with Crippen LogP contribution in [0, 0.1) is 0 Å². The molecule has 7 nitrogen and oxygen atoms in total. The van der Waals surface area contributed by atoms with Crippen LogP contribution in [0.25, 0.3) is 11.3 Å². The quantitative estimate of drug-likeness (QED) is 0.862. The Hall–Kier alpha value is -2.51. The Kier molecular flexibility index (Phi) is 4.80. The second-order valence-corrected chi connectivity index (χ2v) is 7.60. The summed E-state index contributed by atoms with van der Waals surface area (Å²) in [6.45, 7) is 8.57. The molecule has 2 aromatic rings. The van der Waals surface area contributed by atoms with Gasteiger partial charge in [-0.1, -0.05) is 18.2 Å². The van der Waals surface area contributed by atoms with Crippen molar-refractivity contribution in [2.75, 3.05) is 43.5 Å². The Morgan fingerprint density at radius 1 is 1.26 bits per heavy atom. The Bertz CT molecular complexity index is 846. The topological polar surface area (TPSA) is 79.4 Å². The minimum absolute atomic E-state index is 0.0324. The van der Waals surface area contributed by atoms with Gasteiger partial charge >= 0.3 is 0 Å². The summed E-state index contributed by atoms with van der Waals surface area (Å²) in [6, 6.07) is 7.75. The van der Waals surface area contributed by atoms with Gasteiger partial charge in [-0.15, -0.1) is 0 Å². The van der Waals surface area contributed by atoms with Gasteiger partial charge in [-0.3, -0.25) is 9.69 Å². The third kappa shape index (κ3) is 3.79. The molecule has 0 atom stereocenters. The number of morpholine rings is 1. The van der Waals surface area contributed by atoms with Crippen LogP contribution in [0.5, 0.6) is 0 Å². The third-order valence-corrected chi connectivity index (χ3v) is 5.22. The Labute approximate surface area is 159 Å². The molecule has 1 saturated heterocycles. The number of para-hydroxylation sites is 1. The summed E-state index contributed by atoms with van der Waals surface area (Å²) in [4.78, 5) is 23.7. The minimum atomic E-state index is -0.0426. The monoisotopic (exact) mass is 367 g/mol. The molecule has 1 fully saturated rings. The first kappa shape index (κ1) is 17.9. The van der Waals surface area contributed by atoms with Crippen LogP contribution < -0.4 is 10.6 Å². The molecule has 1 aromatic carbocycles. The molecule has 0 bridgehead atoms. The molecule has 1 amide bonds. The smallest absolute Gasteiger partial charge is 0.228 e. The van der Waals surface area contributed by atoms with Crippen LogP contribution in [-0.2, 0) is 16.0 Å². The average Bonchev–Trinajstić information content (AvgIpc) is 2.82. The van der Waals surface area contributed by atoms with Gasteiger partial charge in [0.1, 0.15) is 0 Å². The second kappa shape index (κ2) is 7.25. The number of benzene rings is 1. The molecule has 0 unspecified atom stereocenters. The van der Waals surface area contributed by atoms with Crippen molar-refractivity contribution in [1.82, 2.24) is 14.9 Å². The number of anilines is 2. The molecule has 142 valence electrons. The van der Waals surface area contributed by atoms with E-state index >= 15 is 0 Å². The number of rotatable bonds is 4. The first-order valence-corrected chi connectivity index (χ1v) is 9.35. The fraction of sp³-hybridized carbons (Fsp3) is 0.450. The number of amides is 1. The summed E-state index contributed by atoms with van der Waals surface area (Å²) >= 11 is 0. The predicted molar refractivity (Wildman–Crippen MR) is 105 cm³/mol. The lowest BCUT2D eigenvalue weighted by atomic mass is 10.0. The Balaban J connectivity index is 1.57. The fourth-order valence-corrected chi connectivity index (χ4v) is 3.60. The van der Waals surface area contributed by atoms with E-state index in [1.165, 1.54) is 0 Å². The lowest BCUT2D eigenvalue weighted by Gasteiger charge is -2.40. The van der Waals surface area contributed by atoms with E-state index < -0.39 is 0 Å². The molecule has 3 heterocycles. The summed E-state index contributed by atoms with van der Waals surface area (Å²) in [5.41, 5.74) is 3.34. The molecule has 0 aliphatic carbocycles. The zero-order valence-corrected chi connectivity index (χ0v) is 15.8. The van der Waals surface area contributed by atoms with Gasteiger partial charge < -0.3 is 15.4 Å². The second-order valence-electron chi connectivity index (χ2n) is 7.60. The van der Waals surface area contributed by atoms with Crippen LogP contribution in [-0.4, -0.2) is 59.2 Å². The first-order chi connectivity index (χ1) is 13.0. The number of fused-ring (bicyclic) bond motifs is 3. The van der Waals surface area contributed by atoms with Crippen LogP contribution in [0.15, 0.2) is 30.5 Å².